The van der Waals surface area contributed by atoms with Crippen LogP contribution in [0.1, 0.15) is 61.6 Å². The summed E-state index contributed by atoms with van der Waals surface area (Å²) >= 11 is 0. The van der Waals surface area contributed by atoms with Crippen LogP contribution >= 0.6 is 0 Å². The normalized spacial score (nSPS) is 15.0. The molecule has 0 saturated heterocycles. The maximum absolute atomic E-state index is 13.2. The van der Waals surface area contributed by atoms with Gasteiger partial charge in [-0.15, -0.1) is 0 Å². The van der Waals surface area contributed by atoms with Gasteiger partial charge in [0.15, 0.2) is 11.5 Å². The third-order valence-electron chi connectivity index (χ3n) is 7.20. The predicted molar refractivity (Wildman–Crippen MR) is 132 cm³/mol. The van der Waals surface area contributed by atoms with Crippen molar-refractivity contribution in [3.63, 3.8) is 0 Å². The lowest BCUT2D eigenvalue weighted by atomic mass is 9.83. The molecule has 0 aromatic heterocycles. The Kier molecular flexibility index (Phi) is 5.97. The van der Waals surface area contributed by atoms with E-state index in [0.717, 1.165) is 34.2 Å². The SMILES string of the molecule is Cc1ccc(C(=O)N2CCc3ccc(C(CC(=O)O)c4cc5c(cc4C)OCO5)cc3C2)cc1C. The minimum Gasteiger partial charge on any atom is -0.481 e. The lowest BCUT2D eigenvalue weighted by molar-refractivity contribution is -0.137. The quantitative estimate of drug-likeness (QED) is 0.557. The number of hydrogen-bond donors (Lipinski definition) is 1. The van der Waals surface area contributed by atoms with E-state index in [2.05, 4.69) is 12.1 Å². The summed E-state index contributed by atoms with van der Waals surface area (Å²) in [6.07, 6.45) is 0.739. The first kappa shape index (κ1) is 23.0. The maximum atomic E-state index is 13.2. The lowest BCUT2D eigenvalue weighted by Gasteiger charge is -2.30. The van der Waals surface area contributed by atoms with Gasteiger partial charge in [0.25, 0.3) is 5.91 Å². The van der Waals surface area contributed by atoms with E-state index in [1.54, 1.807) is 0 Å². The number of benzene rings is 3. The molecule has 6 nitrogen and oxygen atoms in total. The molecule has 1 amide bonds. The number of ether oxygens (including phenoxy) is 2. The number of carbonyl (C=O) groups is 2. The molecular formula is C29H29NO5. The first-order valence-corrected chi connectivity index (χ1v) is 11.9. The van der Waals surface area contributed by atoms with E-state index in [9.17, 15) is 14.7 Å². The largest absolute Gasteiger partial charge is 0.481 e. The molecule has 1 N–H and O–H groups in total. The Morgan fingerprint density at radius 2 is 1.69 bits per heavy atom. The number of nitrogens with zero attached hydrogens (tertiary/aromatic N) is 1. The second kappa shape index (κ2) is 9.10. The highest BCUT2D eigenvalue weighted by molar-refractivity contribution is 5.94. The molecule has 3 aromatic carbocycles. The summed E-state index contributed by atoms with van der Waals surface area (Å²) in [5, 5.41) is 9.70. The Bertz CT molecular complexity index is 1330. The monoisotopic (exact) mass is 471 g/mol. The summed E-state index contributed by atoms with van der Waals surface area (Å²) in [5.74, 6) is 0.155. The van der Waals surface area contributed by atoms with Gasteiger partial charge in [0, 0.05) is 24.6 Å². The number of aliphatic carboxylic acids is 1. The van der Waals surface area contributed by atoms with Crippen LogP contribution in [-0.2, 0) is 17.8 Å². The minimum absolute atomic E-state index is 0.0258. The highest BCUT2D eigenvalue weighted by atomic mass is 16.7. The van der Waals surface area contributed by atoms with E-state index >= 15 is 0 Å². The van der Waals surface area contributed by atoms with Crippen molar-refractivity contribution >= 4 is 11.9 Å². The van der Waals surface area contributed by atoms with Crippen LogP contribution in [0.3, 0.4) is 0 Å². The van der Waals surface area contributed by atoms with Gasteiger partial charge in [0.05, 0.1) is 6.42 Å². The van der Waals surface area contributed by atoms with E-state index < -0.39 is 5.97 Å². The Morgan fingerprint density at radius 3 is 2.43 bits per heavy atom. The molecule has 6 heteroatoms. The van der Waals surface area contributed by atoms with Crippen LogP contribution in [0.5, 0.6) is 11.5 Å². The fourth-order valence-corrected chi connectivity index (χ4v) is 5.04. The maximum Gasteiger partial charge on any atom is 0.304 e. The van der Waals surface area contributed by atoms with Crippen LogP contribution in [0.25, 0.3) is 0 Å². The Hall–Kier alpha value is -3.80. The van der Waals surface area contributed by atoms with E-state index in [4.69, 9.17) is 9.47 Å². The number of carboxylic acid groups (broad SMARTS) is 1. The Morgan fingerprint density at radius 1 is 0.914 bits per heavy atom. The van der Waals surface area contributed by atoms with Crippen LogP contribution in [0.15, 0.2) is 48.5 Å². The number of amides is 1. The highest BCUT2D eigenvalue weighted by Crippen LogP contribution is 2.40. The number of carbonyl (C=O) groups excluding carboxylic acids is 1. The third-order valence-corrected chi connectivity index (χ3v) is 7.20. The average Bonchev–Trinajstić information content (AvgIpc) is 3.29. The Labute approximate surface area is 205 Å². The molecule has 180 valence electrons. The van der Waals surface area contributed by atoms with Crippen molar-refractivity contribution in [1.29, 1.82) is 0 Å². The smallest absolute Gasteiger partial charge is 0.304 e. The minimum atomic E-state index is -0.865. The van der Waals surface area contributed by atoms with Gasteiger partial charge in [-0.2, -0.15) is 0 Å². The fraction of sp³-hybridized carbons (Fsp3) is 0.310. The zero-order valence-electron chi connectivity index (χ0n) is 20.3. The predicted octanol–water partition coefficient (Wildman–Crippen LogP) is 5.15. The molecule has 2 aliphatic rings. The van der Waals surface area contributed by atoms with E-state index in [1.807, 2.05) is 62.1 Å². The molecule has 5 rings (SSSR count). The molecule has 1 unspecified atom stereocenters. The summed E-state index contributed by atoms with van der Waals surface area (Å²) in [5.41, 5.74) is 8.04. The fourth-order valence-electron chi connectivity index (χ4n) is 5.04. The van der Waals surface area contributed by atoms with Gasteiger partial charge in [-0.05, 0) is 90.4 Å². The Balaban J connectivity index is 1.46. The van der Waals surface area contributed by atoms with E-state index in [1.165, 1.54) is 11.1 Å². The van der Waals surface area contributed by atoms with Crippen LogP contribution in [0.2, 0.25) is 0 Å². The second-order valence-electron chi connectivity index (χ2n) is 9.52. The number of carboxylic acids is 1. The van der Waals surface area contributed by atoms with Crippen LogP contribution in [-0.4, -0.2) is 35.2 Å². The van der Waals surface area contributed by atoms with Crippen molar-refractivity contribution in [2.75, 3.05) is 13.3 Å². The van der Waals surface area contributed by atoms with Crippen molar-refractivity contribution in [1.82, 2.24) is 4.90 Å². The molecule has 0 aliphatic carbocycles. The molecule has 2 heterocycles. The topological polar surface area (TPSA) is 76.1 Å². The van der Waals surface area contributed by atoms with E-state index in [-0.39, 0.29) is 25.0 Å². The number of rotatable bonds is 5. The molecule has 3 aromatic rings. The van der Waals surface area contributed by atoms with Gasteiger partial charge in [-0.3, -0.25) is 9.59 Å². The molecule has 1 atom stereocenters. The van der Waals surface area contributed by atoms with Gasteiger partial charge in [0.2, 0.25) is 6.79 Å². The summed E-state index contributed by atoms with van der Waals surface area (Å²) in [6, 6.07) is 15.8. The van der Waals surface area contributed by atoms with Crippen molar-refractivity contribution in [3.05, 3.63) is 93.0 Å². The summed E-state index contributed by atoms with van der Waals surface area (Å²) < 4.78 is 11.0. The third kappa shape index (κ3) is 4.48. The molecule has 0 radical (unpaired) electrons. The molecule has 0 bridgehead atoms. The highest BCUT2D eigenvalue weighted by Gasteiger charge is 2.27. The van der Waals surface area contributed by atoms with Crippen LogP contribution < -0.4 is 9.47 Å². The van der Waals surface area contributed by atoms with Gasteiger partial charge in [0.1, 0.15) is 0 Å². The van der Waals surface area contributed by atoms with Crippen molar-refractivity contribution in [3.8, 4) is 11.5 Å². The molecular weight excluding hydrogens is 442 g/mol. The zero-order valence-corrected chi connectivity index (χ0v) is 20.3. The molecule has 0 fully saturated rings. The summed E-state index contributed by atoms with van der Waals surface area (Å²) in [6.45, 7) is 7.37. The van der Waals surface area contributed by atoms with Gasteiger partial charge < -0.3 is 19.5 Å². The van der Waals surface area contributed by atoms with Gasteiger partial charge in [-0.25, -0.2) is 0 Å². The van der Waals surface area contributed by atoms with Crippen molar-refractivity contribution < 1.29 is 24.2 Å². The first-order valence-electron chi connectivity index (χ1n) is 11.9. The lowest BCUT2D eigenvalue weighted by Crippen LogP contribution is -2.36. The first-order chi connectivity index (χ1) is 16.8. The van der Waals surface area contributed by atoms with Crippen LogP contribution in [0.4, 0.5) is 0 Å². The van der Waals surface area contributed by atoms with Gasteiger partial charge in [-0.1, -0.05) is 24.3 Å². The summed E-state index contributed by atoms with van der Waals surface area (Å²) in [4.78, 5) is 26.9. The number of fused-ring (bicyclic) bond motifs is 2. The molecule has 0 spiro atoms. The van der Waals surface area contributed by atoms with Crippen LogP contribution in [0, 0.1) is 20.8 Å². The number of aryl methyl sites for hydroxylation is 3. The zero-order chi connectivity index (χ0) is 24.7. The van der Waals surface area contributed by atoms with Crippen molar-refractivity contribution in [2.24, 2.45) is 0 Å². The standard InChI is InChI=1S/C29H29NO5/c1-17-4-5-22(10-18(17)2)29(33)30-9-8-20-6-7-21(12-23(20)15-30)25(14-28(31)32)24-13-27-26(11-19(24)3)34-16-35-27/h4-7,10-13,25H,8-9,14-16H2,1-3H3,(H,31,32). The molecule has 2 aliphatic heterocycles. The number of hydrogen-bond acceptors (Lipinski definition) is 4. The molecule has 0 saturated carbocycles. The summed E-state index contributed by atoms with van der Waals surface area (Å²) in [7, 11) is 0. The second-order valence-corrected chi connectivity index (χ2v) is 9.52. The molecule has 35 heavy (non-hydrogen) atoms. The van der Waals surface area contributed by atoms with E-state index in [0.29, 0.717) is 30.2 Å². The average molecular weight is 472 g/mol. The van der Waals surface area contributed by atoms with Gasteiger partial charge >= 0.3 is 5.97 Å². The van der Waals surface area contributed by atoms with Crippen molar-refractivity contribution in [2.45, 2.75) is 46.1 Å².